The minimum Gasteiger partial charge on any atom is -0.388 e. The zero-order chi connectivity index (χ0) is 26.9. The summed E-state index contributed by atoms with van der Waals surface area (Å²) in [6, 6.07) is 2.43. The summed E-state index contributed by atoms with van der Waals surface area (Å²) in [6.07, 6.45) is 4.70. The third-order valence-electron chi connectivity index (χ3n) is 8.04. The molecule has 1 saturated carbocycles. The van der Waals surface area contributed by atoms with Crippen LogP contribution in [0.1, 0.15) is 97.7 Å². The smallest absolute Gasteiger partial charge is 0.310 e. The lowest BCUT2D eigenvalue weighted by molar-refractivity contribution is 0.0239. The number of fused-ring (bicyclic) bond motifs is 1. The first-order valence-electron chi connectivity index (χ1n) is 12.6. The summed E-state index contributed by atoms with van der Waals surface area (Å²) in [5.74, 6) is -0.144. The molecule has 2 atom stereocenters. The minimum atomic E-state index is -9.84. The second-order valence-electron chi connectivity index (χ2n) is 11.0. The number of aromatic nitrogens is 1. The highest BCUT2D eigenvalue weighted by molar-refractivity contribution is 8.45. The Morgan fingerprint density at radius 2 is 1.76 bits per heavy atom. The van der Waals surface area contributed by atoms with Gasteiger partial charge in [0.25, 0.3) is 0 Å². The lowest BCUT2D eigenvalue weighted by Crippen LogP contribution is -2.38. The molecule has 1 spiro atoms. The van der Waals surface area contributed by atoms with Crippen LogP contribution in [0.15, 0.2) is 35.2 Å². The molecule has 0 radical (unpaired) electrons. The van der Waals surface area contributed by atoms with E-state index in [2.05, 4.69) is 0 Å². The third kappa shape index (κ3) is 4.93. The Bertz CT molecular complexity index is 1260. The van der Waals surface area contributed by atoms with Crippen LogP contribution in [0.4, 0.5) is 19.4 Å². The lowest BCUT2D eigenvalue weighted by Gasteiger charge is -2.47. The highest BCUT2D eigenvalue weighted by Crippen LogP contribution is 3.02. The van der Waals surface area contributed by atoms with Crippen LogP contribution in [0.2, 0.25) is 0 Å². The van der Waals surface area contributed by atoms with Crippen LogP contribution in [-0.2, 0) is 11.2 Å². The summed E-state index contributed by atoms with van der Waals surface area (Å²) < 4.78 is 71.9. The van der Waals surface area contributed by atoms with Crippen molar-refractivity contribution < 1.29 is 34.4 Å². The van der Waals surface area contributed by atoms with E-state index in [9.17, 15) is 29.6 Å². The molecule has 4 nitrogen and oxygen atoms in total. The van der Waals surface area contributed by atoms with Gasteiger partial charge < -0.3 is 14.9 Å². The van der Waals surface area contributed by atoms with Gasteiger partial charge in [-0.2, -0.15) is 0 Å². The number of halogens is 5. The Morgan fingerprint density at radius 3 is 2.27 bits per heavy atom. The Hall–Kier alpha value is -2.01. The Kier molecular flexibility index (Phi) is 5.92. The molecular formula is C27H32F5NO3S. The average Bonchev–Trinajstić information content (AvgIpc) is 2.80. The molecular weight excluding hydrogens is 513 g/mol. The first-order valence-corrected chi connectivity index (χ1v) is 14.6. The zero-order valence-corrected chi connectivity index (χ0v) is 21.6. The van der Waals surface area contributed by atoms with E-state index in [1.165, 1.54) is 0 Å². The third-order valence-corrected chi connectivity index (χ3v) is 9.21. The number of benzene rings is 1. The Balaban J connectivity index is 1.70. The van der Waals surface area contributed by atoms with Gasteiger partial charge in [-0.1, -0.05) is 57.9 Å². The molecule has 1 aromatic heterocycles. The van der Waals surface area contributed by atoms with Gasteiger partial charge in [-0.25, -0.2) is 0 Å². The molecule has 37 heavy (non-hydrogen) atoms. The number of hydrogen-bond acceptors (Lipinski definition) is 4. The molecule has 2 N–H and O–H groups in total. The first kappa shape index (κ1) is 26.6. The van der Waals surface area contributed by atoms with Gasteiger partial charge in [0.2, 0.25) is 0 Å². The topological polar surface area (TPSA) is 62.6 Å². The lowest BCUT2D eigenvalue weighted by atomic mass is 9.59. The molecule has 2 aliphatic carbocycles. The van der Waals surface area contributed by atoms with Crippen LogP contribution in [-0.4, -0.2) is 28.4 Å². The van der Waals surface area contributed by atoms with Crippen molar-refractivity contribution in [2.45, 2.75) is 75.4 Å². The second-order valence-corrected chi connectivity index (χ2v) is 13.5. The molecule has 1 fully saturated rings. The van der Waals surface area contributed by atoms with E-state index >= 15 is 0 Å². The molecule has 0 bridgehead atoms. The molecule has 204 valence electrons. The molecule has 3 aliphatic rings. The van der Waals surface area contributed by atoms with Gasteiger partial charge in [-0.15, -0.1) is 0 Å². The van der Waals surface area contributed by atoms with E-state index in [-0.39, 0.29) is 16.9 Å². The zero-order valence-electron chi connectivity index (χ0n) is 20.8. The van der Waals surface area contributed by atoms with Crippen molar-refractivity contribution in [3.8, 4) is 0 Å². The maximum Gasteiger partial charge on any atom is 0.310 e. The van der Waals surface area contributed by atoms with Gasteiger partial charge in [0.05, 0.1) is 19.3 Å². The summed E-state index contributed by atoms with van der Waals surface area (Å²) >= 11 is 0. The van der Waals surface area contributed by atoms with Crippen molar-refractivity contribution in [2.24, 2.45) is 5.41 Å². The van der Waals surface area contributed by atoms with Crippen molar-refractivity contribution in [3.05, 3.63) is 64.0 Å². The molecule has 0 saturated heterocycles. The highest BCUT2D eigenvalue weighted by Gasteiger charge is 2.65. The molecule has 10 heteroatoms. The van der Waals surface area contributed by atoms with Crippen LogP contribution in [0.3, 0.4) is 0 Å². The monoisotopic (exact) mass is 545 g/mol. The van der Waals surface area contributed by atoms with E-state index in [1.807, 2.05) is 19.9 Å². The van der Waals surface area contributed by atoms with Gasteiger partial charge in [0.1, 0.15) is 11.0 Å². The predicted molar refractivity (Wildman–Crippen MR) is 133 cm³/mol. The van der Waals surface area contributed by atoms with Gasteiger partial charge >= 0.3 is 10.2 Å². The number of ether oxygens (including phenoxy) is 1. The second kappa shape index (κ2) is 8.24. The number of hydrogen-bond donors (Lipinski definition) is 2. The van der Waals surface area contributed by atoms with Crippen LogP contribution in [0.25, 0.3) is 5.57 Å². The van der Waals surface area contributed by atoms with E-state index in [4.69, 9.17) is 9.72 Å². The standard InChI is InChI=1S/C27H32F5NO3S/c1-16(2)25-24(26(35)18-4-6-19(7-5-18)37(28,29,30,31)32)22(17-8-12-36-13-9-17)23-20(33-25)14-27(10-3-11-27)15-21(23)34/h4-8,16,21,26,34-35H,3,9-15H2,1-2H3. The summed E-state index contributed by atoms with van der Waals surface area (Å²) in [7, 11) is -9.84. The predicted octanol–water partition coefficient (Wildman–Crippen LogP) is 7.90. The van der Waals surface area contributed by atoms with Gasteiger partial charge in [-0.3, -0.25) is 4.98 Å². The van der Waals surface area contributed by atoms with E-state index in [1.54, 1.807) is 0 Å². The molecule has 1 aliphatic heterocycles. The summed E-state index contributed by atoms with van der Waals surface area (Å²) in [5, 5.41) is 22.9. The van der Waals surface area contributed by atoms with E-state index in [0.717, 1.165) is 49.1 Å². The maximum absolute atomic E-state index is 13.3. The molecule has 2 unspecified atom stereocenters. The number of pyridine rings is 1. The van der Waals surface area contributed by atoms with E-state index < -0.39 is 27.3 Å². The van der Waals surface area contributed by atoms with Crippen molar-refractivity contribution in [3.63, 3.8) is 0 Å². The van der Waals surface area contributed by atoms with Crippen molar-refractivity contribution >= 4 is 15.8 Å². The molecule has 1 aromatic carbocycles. The number of aliphatic hydroxyl groups is 2. The fraction of sp³-hybridized carbons (Fsp3) is 0.519. The molecule has 2 aromatic rings. The van der Waals surface area contributed by atoms with Gasteiger partial charge in [0.15, 0.2) is 0 Å². The average molecular weight is 546 g/mol. The molecule has 2 heterocycles. The largest absolute Gasteiger partial charge is 0.388 e. The quantitative estimate of drug-likeness (QED) is 0.375. The van der Waals surface area contributed by atoms with Gasteiger partial charge in [-0.05, 0) is 72.3 Å². The summed E-state index contributed by atoms with van der Waals surface area (Å²) in [6.45, 7) is 4.65. The number of rotatable bonds is 5. The van der Waals surface area contributed by atoms with Gasteiger partial charge in [0, 0.05) is 22.5 Å². The normalized spacial score (nSPS) is 24.1. The number of nitrogens with zero attached hydrogens (tertiary/aromatic N) is 1. The number of aliphatic hydroxyl groups excluding tert-OH is 2. The van der Waals surface area contributed by atoms with Crippen LogP contribution in [0, 0.1) is 5.41 Å². The van der Waals surface area contributed by atoms with Crippen molar-refractivity contribution in [2.75, 3.05) is 13.2 Å². The summed E-state index contributed by atoms with van der Waals surface area (Å²) in [4.78, 5) is 2.95. The molecule has 5 rings (SSSR count). The van der Waals surface area contributed by atoms with Crippen molar-refractivity contribution in [1.82, 2.24) is 4.98 Å². The van der Waals surface area contributed by atoms with E-state index in [0.29, 0.717) is 60.6 Å². The Labute approximate surface area is 213 Å². The first-order chi connectivity index (χ1) is 17.1. The van der Waals surface area contributed by atoms with Crippen molar-refractivity contribution in [1.29, 1.82) is 0 Å². The SMILES string of the molecule is CC(C)c1nc2c(c(C3=CCOCC3)c1C(O)c1ccc(S(F)(F)(F)(F)F)cc1)C(O)CC1(CCC1)C2. The van der Waals surface area contributed by atoms with Crippen LogP contribution in [0.5, 0.6) is 0 Å². The fourth-order valence-corrected chi connectivity index (χ4v) is 6.72. The fourth-order valence-electron chi connectivity index (χ4n) is 6.07. The summed E-state index contributed by atoms with van der Waals surface area (Å²) in [5.41, 5.74) is 4.08. The van der Waals surface area contributed by atoms with Crippen LogP contribution < -0.4 is 0 Å². The minimum absolute atomic E-state index is 0.0243. The highest BCUT2D eigenvalue weighted by atomic mass is 32.5. The molecule has 0 amide bonds. The van der Waals surface area contributed by atoms with Crippen LogP contribution >= 0.6 is 10.2 Å². The Morgan fingerprint density at radius 1 is 1.08 bits per heavy atom. The maximum atomic E-state index is 13.3.